The molecule has 0 spiro atoms. The van der Waals surface area contributed by atoms with Gasteiger partial charge in [-0.2, -0.15) is 5.26 Å². The average molecular weight is 364 g/mol. The highest BCUT2D eigenvalue weighted by atomic mass is 35.5. The Kier molecular flexibility index (Phi) is 5.29. The number of carbonyl (C=O) groups excluding carboxylic acids is 1. The van der Waals surface area contributed by atoms with E-state index in [1.807, 2.05) is 6.07 Å². The Balaban J connectivity index is 2.71. The lowest BCUT2D eigenvalue weighted by molar-refractivity contribution is -0.384. The van der Waals surface area contributed by atoms with E-state index < -0.39 is 16.8 Å². The largest absolute Gasteiger partial charge is 0.463 e. The Labute approximate surface area is 148 Å². The van der Waals surface area contributed by atoms with Crippen molar-refractivity contribution in [2.24, 2.45) is 5.73 Å². The van der Waals surface area contributed by atoms with E-state index in [0.717, 1.165) is 0 Å². The minimum atomic E-state index is -0.977. The predicted molar refractivity (Wildman–Crippen MR) is 88.1 cm³/mol. The highest BCUT2D eigenvalue weighted by Crippen LogP contribution is 2.41. The molecule has 2 N–H and O–H groups in total. The minimum Gasteiger partial charge on any atom is -0.463 e. The van der Waals surface area contributed by atoms with Gasteiger partial charge in [0, 0.05) is 17.2 Å². The van der Waals surface area contributed by atoms with Crippen LogP contribution in [0.2, 0.25) is 5.02 Å². The standard InChI is InChI=1S/C16H14ClN3O5/c1-3-24-16(21)13-8(2)25-15(19)12(7-18)14(13)9-4-10(17)6-11(5-9)20(22)23/h4-6,14H,3,19H2,1-2H3. The van der Waals surface area contributed by atoms with Crippen LogP contribution in [0.5, 0.6) is 0 Å². The lowest BCUT2D eigenvalue weighted by Gasteiger charge is -2.26. The van der Waals surface area contributed by atoms with Crippen LogP contribution in [-0.2, 0) is 14.3 Å². The average Bonchev–Trinajstić information content (AvgIpc) is 2.53. The number of benzene rings is 1. The number of carbonyl (C=O) groups is 1. The fourth-order valence-corrected chi connectivity index (χ4v) is 2.79. The van der Waals surface area contributed by atoms with Gasteiger partial charge >= 0.3 is 5.97 Å². The van der Waals surface area contributed by atoms with Gasteiger partial charge in [0.25, 0.3) is 5.69 Å². The lowest BCUT2D eigenvalue weighted by Crippen LogP contribution is -2.25. The Hall–Kier alpha value is -3.05. The smallest absolute Gasteiger partial charge is 0.338 e. The van der Waals surface area contributed by atoms with E-state index in [1.54, 1.807) is 6.92 Å². The van der Waals surface area contributed by atoms with Crippen molar-refractivity contribution >= 4 is 23.3 Å². The lowest BCUT2D eigenvalue weighted by atomic mass is 9.83. The molecule has 1 aromatic carbocycles. The molecule has 0 aliphatic carbocycles. The fraction of sp³-hybridized carbons (Fsp3) is 0.250. The van der Waals surface area contributed by atoms with Crippen molar-refractivity contribution in [2.45, 2.75) is 19.8 Å². The number of hydrogen-bond donors (Lipinski definition) is 1. The third-order valence-corrected chi connectivity index (χ3v) is 3.77. The van der Waals surface area contributed by atoms with Gasteiger partial charge in [-0.25, -0.2) is 4.79 Å². The summed E-state index contributed by atoms with van der Waals surface area (Å²) in [6, 6.07) is 5.73. The monoisotopic (exact) mass is 363 g/mol. The number of nitriles is 1. The number of rotatable bonds is 4. The third-order valence-electron chi connectivity index (χ3n) is 3.55. The molecule has 130 valence electrons. The summed E-state index contributed by atoms with van der Waals surface area (Å²) >= 11 is 5.97. The maximum Gasteiger partial charge on any atom is 0.338 e. The molecule has 1 aliphatic rings. The number of hydrogen-bond acceptors (Lipinski definition) is 7. The number of nitrogens with two attached hydrogens (primary N) is 1. The van der Waals surface area contributed by atoms with Gasteiger partial charge in [-0.15, -0.1) is 0 Å². The number of esters is 1. The Morgan fingerprint density at radius 3 is 2.76 bits per heavy atom. The van der Waals surface area contributed by atoms with Crippen LogP contribution in [0.3, 0.4) is 0 Å². The molecule has 1 atom stereocenters. The molecule has 1 unspecified atom stereocenters. The van der Waals surface area contributed by atoms with Gasteiger partial charge in [-0.3, -0.25) is 10.1 Å². The maximum atomic E-state index is 12.4. The van der Waals surface area contributed by atoms with E-state index in [-0.39, 0.29) is 45.7 Å². The van der Waals surface area contributed by atoms with E-state index >= 15 is 0 Å². The van der Waals surface area contributed by atoms with Gasteiger partial charge in [0.05, 0.1) is 23.0 Å². The van der Waals surface area contributed by atoms with Gasteiger partial charge in [0.15, 0.2) is 0 Å². The summed E-state index contributed by atoms with van der Waals surface area (Å²) in [6.45, 7) is 3.24. The van der Waals surface area contributed by atoms with E-state index in [9.17, 15) is 20.2 Å². The molecular formula is C16H14ClN3O5. The molecule has 8 nitrogen and oxygen atoms in total. The second-order valence-electron chi connectivity index (χ2n) is 5.12. The summed E-state index contributed by atoms with van der Waals surface area (Å²) in [7, 11) is 0. The number of non-ortho nitro benzene ring substituents is 1. The molecule has 25 heavy (non-hydrogen) atoms. The van der Waals surface area contributed by atoms with Crippen LogP contribution < -0.4 is 5.73 Å². The van der Waals surface area contributed by atoms with Gasteiger partial charge in [0.2, 0.25) is 5.88 Å². The maximum absolute atomic E-state index is 12.4. The molecule has 0 aromatic heterocycles. The van der Waals surface area contributed by atoms with Crippen molar-refractivity contribution in [2.75, 3.05) is 6.61 Å². The summed E-state index contributed by atoms with van der Waals surface area (Å²) in [5, 5.41) is 20.6. The number of allylic oxidation sites excluding steroid dienone is 2. The molecule has 9 heteroatoms. The zero-order chi connectivity index (χ0) is 18.7. The summed E-state index contributed by atoms with van der Waals surface area (Å²) in [4.78, 5) is 22.9. The first-order chi connectivity index (χ1) is 11.8. The Morgan fingerprint density at radius 2 is 2.20 bits per heavy atom. The molecule has 1 heterocycles. The van der Waals surface area contributed by atoms with Crippen LogP contribution in [0.4, 0.5) is 5.69 Å². The first-order valence-electron chi connectivity index (χ1n) is 7.20. The quantitative estimate of drug-likeness (QED) is 0.494. The third kappa shape index (κ3) is 3.56. The molecule has 0 bridgehead atoms. The van der Waals surface area contributed by atoms with Gasteiger partial charge in [-0.1, -0.05) is 11.6 Å². The molecule has 0 radical (unpaired) electrons. The molecule has 0 amide bonds. The van der Waals surface area contributed by atoms with E-state index in [1.165, 1.54) is 25.1 Å². The summed E-state index contributed by atoms with van der Waals surface area (Å²) in [5.74, 6) is -1.70. The van der Waals surface area contributed by atoms with Crippen LogP contribution in [0.25, 0.3) is 0 Å². The highest BCUT2D eigenvalue weighted by molar-refractivity contribution is 6.30. The first kappa shape index (κ1) is 18.3. The SMILES string of the molecule is CCOC(=O)C1=C(C)OC(N)=C(C#N)C1c1cc(Cl)cc([N+](=O)[O-])c1. The van der Waals surface area contributed by atoms with Gasteiger partial charge in [-0.05, 0) is 25.5 Å². The fourth-order valence-electron chi connectivity index (χ4n) is 2.56. The van der Waals surface area contributed by atoms with Crippen molar-refractivity contribution in [3.63, 3.8) is 0 Å². The van der Waals surface area contributed by atoms with Crippen LogP contribution in [0.1, 0.15) is 25.3 Å². The van der Waals surface area contributed by atoms with Crippen LogP contribution >= 0.6 is 11.6 Å². The summed E-state index contributed by atoms with van der Waals surface area (Å²) in [6.07, 6.45) is 0. The second-order valence-corrected chi connectivity index (χ2v) is 5.55. The van der Waals surface area contributed by atoms with Crippen LogP contribution in [0, 0.1) is 21.4 Å². The van der Waals surface area contributed by atoms with Crippen molar-refractivity contribution < 1.29 is 19.2 Å². The van der Waals surface area contributed by atoms with Crippen molar-refractivity contribution in [1.82, 2.24) is 0 Å². The summed E-state index contributed by atoms with van der Waals surface area (Å²) in [5.41, 5.74) is 5.75. The highest BCUT2D eigenvalue weighted by Gasteiger charge is 2.37. The Bertz CT molecular complexity index is 854. The molecular weight excluding hydrogens is 350 g/mol. The van der Waals surface area contributed by atoms with Gasteiger partial charge < -0.3 is 15.2 Å². The predicted octanol–water partition coefficient (Wildman–Crippen LogP) is 2.89. The van der Waals surface area contributed by atoms with Crippen molar-refractivity contribution in [1.29, 1.82) is 5.26 Å². The number of halogens is 1. The number of ether oxygens (including phenoxy) is 2. The van der Waals surface area contributed by atoms with E-state index in [2.05, 4.69) is 0 Å². The first-order valence-corrected chi connectivity index (χ1v) is 7.58. The van der Waals surface area contributed by atoms with E-state index in [0.29, 0.717) is 0 Å². The molecule has 0 saturated carbocycles. The topological polar surface area (TPSA) is 128 Å². The zero-order valence-electron chi connectivity index (χ0n) is 13.4. The molecule has 0 saturated heterocycles. The summed E-state index contributed by atoms with van der Waals surface area (Å²) < 4.78 is 10.3. The zero-order valence-corrected chi connectivity index (χ0v) is 14.2. The second kappa shape index (κ2) is 7.23. The van der Waals surface area contributed by atoms with Crippen LogP contribution in [-0.4, -0.2) is 17.5 Å². The normalized spacial score (nSPS) is 17.0. The Morgan fingerprint density at radius 1 is 1.52 bits per heavy atom. The minimum absolute atomic E-state index is 0.0455. The van der Waals surface area contributed by atoms with Crippen molar-refractivity contribution in [3.8, 4) is 6.07 Å². The molecule has 1 aromatic rings. The van der Waals surface area contributed by atoms with Crippen molar-refractivity contribution in [3.05, 3.63) is 61.7 Å². The molecule has 1 aliphatic heterocycles. The number of nitro groups is 1. The number of nitrogens with zero attached hydrogens (tertiary/aromatic N) is 2. The molecule has 2 rings (SSSR count). The van der Waals surface area contributed by atoms with E-state index in [4.69, 9.17) is 26.8 Å². The van der Waals surface area contributed by atoms with Crippen LogP contribution in [0.15, 0.2) is 41.0 Å². The number of nitro benzene ring substituents is 1. The molecule has 0 fully saturated rings. The van der Waals surface area contributed by atoms with Gasteiger partial charge in [0.1, 0.15) is 17.4 Å².